The highest BCUT2D eigenvalue weighted by atomic mass is 16.5. The number of hydrogen-bond acceptors (Lipinski definition) is 5. The second-order valence-electron chi connectivity index (χ2n) is 8.95. The molecule has 2 aliphatic rings. The van der Waals surface area contributed by atoms with E-state index in [4.69, 9.17) is 9.47 Å². The molecule has 0 N–H and O–H groups in total. The predicted octanol–water partition coefficient (Wildman–Crippen LogP) is 3.36. The van der Waals surface area contributed by atoms with Gasteiger partial charge in [0.1, 0.15) is 5.60 Å². The summed E-state index contributed by atoms with van der Waals surface area (Å²) in [6.07, 6.45) is 3.36. The molecule has 6 nitrogen and oxygen atoms in total. The number of rotatable bonds is 5. The van der Waals surface area contributed by atoms with E-state index in [1.54, 1.807) is 25.7 Å². The Kier molecular flexibility index (Phi) is 6.34. The predicted molar refractivity (Wildman–Crippen MR) is 113 cm³/mol. The molecule has 1 saturated heterocycles. The molecule has 1 amide bonds. The number of likely N-dealkylation sites (tertiary alicyclic amines) is 1. The molecule has 3 rings (SSSR count). The zero-order valence-corrected chi connectivity index (χ0v) is 18.3. The molecular formula is C24H31NO5. The average Bonchev–Trinajstić information content (AvgIpc) is 2.68. The van der Waals surface area contributed by atoms with Crippen LogP contribution in [-0.4, -0.2) is 47.9 Å². The van der Waals surface area contributed by atoms with Crippen LogP contribution in [0.3, 0.4) is 0 Å². The van der Waals surface area contributed by atoms with Crippen LogP contribution < -0.4 is 0 Å². The lowest BCUT2D eigenvalue weighted by Crippen LogP contribution is -2.52. The maximum atomic E-state index is 13.2. The largest absolute Gasteiger partial charge is 0.481 e. The summed E-state index contributed by atoms with van der Waals surface area (Å²) in [5.74, 6) is -0.676. The highest BCUT2D eigenvalue weighted by Crippen LogP contribution is 2.37. The number of hydrogen-bond donors (Lipinski definition) is 0. The number of aryl methyl sites for hydroxylation is 1. The van der Waals surface area contributed by atoms with E-state index in [2.05, 4.69) is 0 Å². The number of esters is 1. The molecular weight excluding hydrogens is 382 g/mol. The quantitative estimate of drug-likeness (QED) is 0.692. The van der Waals surface area contributed by atoms with Crippen LogP contribution in [0.5, 0.6) is 0 Å². The summed E-state index contributed by atoms with van der Waals surface area (Å²) in [6.45, 7) is 8.45. The summed E-state index contributed by atoms with van der Waals surface area (Å²) >= 11 is 0. The standard InChI is InChI=1S/C24H31NO5/c1-5-29-22(28)24(14-18-10-7-6-9-17(18)2)11-8-12-25(16-24)21(27)20-13-19(26)15-23(3,4)30-20/h6-7,9-10,13H,5,8,11-12,14-16H2,1-4H3/t24-/m1/s1. The van der Waals surface area contributed by atoms with Gasteiger partial charge in [-0.3, -0.25) is 14.4 Å². The Morgan fingerprint density at radius 3 is 2.63 bits per heavy atom. The Balaban J connectivity index is 1.88. The van der Waals surface area contributed by atoms with Crippen LogP contribution in [0.2, 0.25) is 0 Å². The third-order valence-electron chi connectivity index (χ3n) is 5.85. The Morgan fingerprint density at radius 1 is 1.23 bits per heavy atom. The summed E-state index contributed by atoms with van der Waals surface area (Å²) in [7, 11) is 0. The molecule has 1 aromatic carbocycles. The van der Waals surface area contributed by atoms with Gasteiger partial charge < -0.3 is 14.4 Å². The fraction of sp³-hybridized carbons (Fsp3) is 0.542. The Morgan fingerprint density at radius 2 is 1.97 bits per heavy atom. The third-order valence-corrected chi connectivity index (χ3v) is 5.85. The first kappa shape index (κ1) is 22.1. The Labute approximate surface area is 178 Å². The Hall–Kier alpha value is -2.63. The van der Waals surface area contributed by atoms with Gasteiger partial charge in [0.15, 0.2) is 11.5 Å². The second kappa shape index (κ2) is 8.62. The van der Waals surface area contributed by atoms with Crippen molar-refractivity contribution in [1.82, 2.24) is 4.90 Å². The van der Waals surface area contributed by atoms with Gasteiger partial charge in [-0.05, 0) is 58.1 Å². The van der Waals surface area contributed by atoms with Gasteiger partial charge in [0.05, 0.1) is 12.0 Å². The number of allylic oxidation sites excluding steroid dienone is 1. The lowest BCUT2D eigenvalue weighted by atomic mass is 9.74. The number of benzene rings is 1. The lowest BCUT2D eigenvalue weighted by Gasteiger charge is -2.42. The van der Waals surface area contributed by atoms with Crippen molar-refractivity contribution in [2.24, 2.45) is 5.41 Å². The zero-order chi connectivity index (χ0) is 21.9. The van der Waals surface area contributed by atoms with E-state index in [1.807, 2.05) is 31.2 Å². The smallest absolute Gasteiger partial charge is 0.314 e. The number of nitrogens with zero attached hydrogens (tertiary/aromatic N) is 1. The van der Waals surface area contributed by atoms with Crippen molar-refractivity contribution >= 4 is 17.7 Å². The number of piperidine rings is 1. The van der Waals surface area contributed by atoms with Gasteiger partial charge in [0.25, 0.3) is 5.91 Å². The van der Waals surface area contributed by atoms with Gasteiger partial charge in [-0.1, -0.05) is 24.3 Å². The first-order valence-electron chi connectivity index (χ1n) is 10.6. The first-order chi connectivity index (χ1) is 14.2. The minimum absolute atomic E-state index is 0.0619. The monoisotopic (exact) mass is 413 g/mol. The summed E-state index contributed by atoms with van der Waals surface area (Å²) in [6, 6.07) is 7.97. The minimum Gasteiger partial charge on any atom is -0.481 e. The molecule has 2 heterocycles. The number of ether oxygens (including phenoxy) is 2. The molecule has 2 aliphatic heterocycles. The van der Waals surface area contributed by atoms with Crippen molar-refractivity contribution in [3.63, 3.8) is 0 Å². The van der Waals surface area contributed by atoms with Crippen LogP contribution in [-0.2, 0) is 30.3 Å². The maximum absolute atomic E-state index is 13.2. The topological polar surface area (TPSA) is 72.9 Å². The molecule has 1 atom stereocenters. The van der Waals surface area contributed by atoms with Crippen molar-refractivity contribution in [3.8, 4) is 0 Å². The zero-order valence-electron chi connectivity index (χ0n) is 18.3. The molecule has 1 fully saturated rings. The molecule has 1 aromatic rings. The number of carbonyl (C=O) groups is 3. The van der Waals surface area contributed by atoms with E-state index in [1.165, 1.54) is 6.08 Å². The fourth-order valence-electron chi connectivity index (χ4n) is 4.39. The van der Waals surface area contributed by atoms with Gasteiger partial charge in [-0.15, -0.1) is 0 Å². The van der Waals surface area contributed by atoms with Gasteiger partial charge in [-0.2, -0.15) is 0 Å². The summed E-state index contributed by atoms with van der Waals surface area (Å²) in [4.78, 5) is 40.0. The minimum atomic E-state index is -0.815. The van der Waals surface area contributed by atoms with E-state index >= 15 is 0 Å². The van der Waals surface area contributed by atoms with Gasteiger partial charge in [-0.25, -0.2) is 0 Å². The van der Waals surface area contributed by atoms with Crippen molar-refractivity contribution in [2.75, 3.05) is 19.7 Å². The Bertz CT molecular complexity index is 872. The average molecular weight is 414 g/mol. The summed E-state index contributed by atoms with van der Waals surface area (Å²) in [5.41, 5.74) is 0.649. The molecule has 0 saturated carbocycles. The molecule has 0 aromatic heterocycles. The first-order valence-corrected chi connectivity index (χ1v) is 10.6. The van der Waals surface area contributed by atoms with Gasteiger partial charge >= 0.3 is 5.97 Å². The molecule has 30 heavy (non-hydrogen) atoms. The second-order valence-corrected chi connectivity index (χ2v) is 8.95. The van der Waals surface area contributed by atoms with E-state index in [-0.39, 0.29) is 36.4 Å². The molecule has 6 heteroatoms. The van der Waals surface area contributed by atoms with Crippen molar-refractivity contribution in [3.05, 3.63) is 47.2 Å². The van der Waals surface area contributed by atoms with Gasteiger partial charge in [0.2, 0.25) is 0 Å². The molecule has 0 aliphatic carbocycles. The fourth-order valence-corrected chi connectivity index (χ4v) is 4.39. The number of amides is 1. The van der Waals surface area contributed by atoms with Crippen molar-refractivity contribution in [1.29, 1.82) is 0 Å². The number of ketones is 1. The number of carbonyl (C=O) groups excluding carboxylic acids is 3. The molecule has 0 unspecified atom stereocenters. The molecule has 0 radical (unpaired) electrons. The van der Waals surface area contributed by atoms with Crippen LogP contribution in [0.4, 0.5) is 0 Å². The normalized spacial score (nSPS) is 23.4. The highest BCUT2D eigenvalue weighted by molar-refractivity contribution is 6.02. The summed E-state index contributed by atoms with van der Waals surface area (Å²) in [5, 5.41) is 0. The lowest BCUT2D eigenvalue weighted by molar-refractivity contribution is -0.161. The van der Waals surface area contributed by atoms with Crippen LogP contribution >= 0.6 is 0 Å². The van der Waals surface area contributed by atoms with E-state index < -0.39 is 11.0 Å². The third kappa shape index (κ3) is 4.74. The van der Waals surface area contributed by atoms with Gasteiger partial charge in [0, 0.05) is 25.6 Å². The SMILES string of the molecule is CCOC(=O)[C@@]1(Cc2ccccc2C)CCCN(C(=O)C2=CC(=O)CC(C)(C)O2)C1. The molecule has 0 bridgehead atoms. The molecule has 162 valence electrons. The van der Waals surface area contributed by atoms with E-state index in [0.717, 1.165) is 11.1 Å². The highest BCUT2D eigenvalue weighted by Gasteiger charge is 2.46. The van der Waals surface area contributed by atoms with Crippen LogP contribution in [0.1, 0.15) is 51.2 Å². The molecule has 0 spiro atoms. The van der Waals surface area contributed by atoms with Crippen LogP contribution in [0, 0.1) is 12.3 Å². The van der Waals surface area contributed by atoms with Crippen LogP contribution in [0.25, 0.3) is 0 Å². The van der Waals surface area contributed by atoms with Crippen LogP contribution in [0.15, 0.2) is 36.1 Å². The van der Waals surface area contributed by atoms with E-state index in [9.17, 15) is 14.4 Å². The van der Waals surface area contributed by atoms with Crippen molar-refractivity contribution < 1.29 is 23.9 Å². The maximum Gasteiger partial charge on any atom is 0.314 e. The van der Waals surface area contributed by atoms with Crippen molar-refractivity contribution in [2.45, 2.75) is 59.0 Å². The van der Waals surface area contributed by atoms with E-state index in [0.29, 0.717) is 32.4 Å². The summed E-state index contributed by atoms with van der Waals surface area (Å²) < 4.78 is 11.2.